The minimum absolute atomic E-state index is 0.0123. The first kappa shape index (κ1) is 25.2. The molecule has 10 heteroatoms. The van der Waals surface area contributed by atoms with Crippen LogP contribution in [0.1, 0.15) is 38.5 Å². The number of ether oxygens (including phenoxy) is 4. The van der Waals surface area contributed by atoms with Gasteiger partial charge in [-0.2, -0.15) is 0 Å². The van der Waals surface area contributed by atoms with Gasteiger partial charge in [0.2, 0.25) is 0 Å². The van der Waals surface area contributed by atoms with Crippen LogP contribution < -0.4 is 0 Å². The van der Waals surface area contributed by atoms with Gasteiger partial charge >= 0.3 is 11.9 Å². The maximum absolute atomic E-state index is 12.9. The minimum Gasteiger partial charge on any atom is -0.463 e. The van der Waals surface area contributed by atoms with Crippen molar-refractivity contribution in [1.29, 1.82) is 0 Å². The van der Waals surface area contributed by atoms with Crippen molar-refractivity contribution in [3.63, 3.8) is 0 Å². The summed E-state index contributed by atoms with van der Waals surface area (Å²) < 4.78 is 21.5. The van der Waals surface area contributed by atoms with Crippen LogP contribution in [0.5, 0.6) is 0 Å². The highest BCUT2D eigenvalue weighted by atomic mass is 16.5. The fourth-order valence-corrected chi connectivity index (χ4v) is 6.17. The highest BCUT2D eigenvalue weighted by molar-refractivity contribution is 5.93. The van der Waals surface area contributed by atoms with E-state index in [0.29, 0.717) is 0 Å². The van der Waals surface area contributed by atoms with Crippen LogP contribution in [0.4, 0.5) is 0 Å². The van der Waals surface area contributed by atoms with Gasteiger partial charge in [0.1, 0.15) is 24.3 Å². The standard InChI is InChI=1S/C24H36N2O8/c1-31-13-23(21(29)17-5-9-25(23)10-6-17)15-33-19(27)3-4-20(28)34-16-24(14-32-2)22(30)18-7-11-26(24)12-8-18/h17-18H,3-16H2,1-2H3. The molecule has 6 aliphatic rings. The zero-order chi connectivity index (χ0) is 24.3. The van der Waals surface area contributed by atoms with Crippen molar-refractivity contribution in [2.24, 2.45) is 11.8 Å². The number of ketones is 2. The van der Waals surface area contributed by atoms with E-state index in [2.05, 4.69) is 9.80 Å². The van der Waals surface area contributed by atoms with Crippen LogP contribution in [0.3, 0.4) is 0 Å². The second kappa shape index (κ2) is 10.4. The first-order chi connectivity index (χ1) is 16.4. The Morgan fingerprint density at radius 3 is 1.35 bits per heavy atom. The highest BCUT2D eigenvalue weighted by Gasteiger charge is 2.55. The number of nitrogens with zero attached hydrogens (tertiary/aromatic N) is 2. The lowest BCUT2D eigenvalue weighted by molar-refractivity contribution is -0.171. The monoisotopic (exact) mass is 480 g/mol. The number of piperidine rings is 6. The van der Waals surface area contributed by atoms with Gasteiger partial charge in [0, 0.05) is 52.2 Å². The molecule has 6 heterocycles. The van der Waals surface area contributed by atoms with Gasteiger partial charge in [-0.15, -0.1) is 0 Å². The van der Waals surface area contributed by atoms with Gasteiger partial charge in [0.05, 0.1) is 26.1 Å². The molecule has 190 valence electrons. The molecule has 2 unspecified atom stereocenters. The zero-order valence-electron chi connectivity index (χ0n) is 20.2. The molecular formula is C24H36N2O8. The molecule has 0 aromatic carbocycles. The second-order valence-corrected chi connectivity index (χ2v) is 10.0. The number of carbonyl (C=O) groups is 4. The van der Waals surface area contributed by atoms with Crippen LogP contribution in [0, 0.1) is 11.8 Å². The maximum atomic E-state index is 12.9. The van der Waals surface area contributed by atoms with Gasteiger partial charge in [-0.3, -0.25) is 29.0 Å². The van der Waals surface area contributed by atoms with Crippen molar-refractivity contribution < 1.29 is 38.1 Å². The van der Waals surface area contributed by atoms with E-state index in [1.54, 1.807) is 0 Å². The van der Waals surface area contributed by atoms with Crippen molar-refractivity contribution in [2.45, 2.75) is 49.6 Å². The maximum Gasteiger partial charge on any atom is 0.306 e. The Kier molecular flexibility index (Phi) is 7.71. The van der Waals surface area contributed by atoms with Gasteiger partial charge < -0.3 is 18.9 Å². The van der Waals surface area contributed by atoms with Crippen LogP contribution >= 0.6 is 0 Å². The summed E-state index contributed by atoms with van der Waals surface area (Å²) in [6.45, 7) is 3.31. The lowest BCUT2D eigenvalue weighted by Crippen LogP contribution is -2.69. The molecular weight excluding hydrogens is 444 g/mol. The van der Waals surface area contributed by atoms with E-state index in [-0.39, 0.29) is 62.7 Å². The van der Waals surface area contributed by atoms with Gasteiger partial charge in [-0.25, -0.2) is 0 Å². The number of fused-ring (bicyclic) bond motifs is 6. The van der Waals surface area contributed by atoms with Gasteiger partial charge in [-0.1, -0.05) is 0 Å². The molecule has 0 amide bonds. The summed E-state index contributed by atoms with van der Waals surface area (Å²) in [6.07, 6.45) is 3.00. The molecule has 6 saturated heterocycles. The van der Waals surface area contributed by atoms with Crippen molar-refractivity contribution in [3.05, 3.63) is 0 Å². The molecule has 0 aromatic heterocycles. The minimum atomic E-state index is -0.937. The number of hydrogen-bond acceptors (Lipinski definition) is 10. The van der Waals surface area contributed by atoms with E-state index < -0.39 is 23.0 Å². The van der Waals surface area contributed by atoms with Crippen LogP contribution in [-0.2, 0) is 38.1 Å². The molecule has 10 nitrogen and oxygen atoms in total. The summed E-state index contributed by atoms with van der Waals surface area (Å²) in [5, 5.41) is 0. The Hall–Kier alpha value is -1.88. The summed E-state index contributed by atoms with van der Waals surface area (Å²) in [5.74, 6) is -1.01. The van der Waals surface area contributed by atoms with Crippen molar-refractivity contribution in [3.8, 4) is 0 Å². The van der Waals surface area contributed by atoms with E-state index in [9.17, 15) is 19.2 Å². The molecule has 0 aliphatic carbocycles. The van der Waals surface area contributed by atoms with Crippen LogP contribution in [0.25, 0.3) is 0 Å². The lowest BCUT2D eigenvalue weighted by Gasteiger charge is -2.51. The highest BCUT2D eigenvalue weighted by Crippen LogP contribution is 2.38. The van der Waals surface area contributed by atoms with Crippen molar-refractivity contribution in [2.75, 3.05) is 66.8 Å². The Morgan fingerprint density at radius 2 is 1.06 bits per heavy atom. The van der Waals surface area contributed by atoms with E-state index in [1.165, 1.54) is 14.2 Å². The van der Waals surface area contributed by atoms with Crippen LogP contribution in [0.15, 0.2) is 0 Å². The summed E-state index contributed by atoms with van der Waals surface area (Å²) in [7, 11) is 3.07. The third kappa shape index (κ3) is 4.53. The molecule has 6 rings (SSSR count). The number of Topliss-reactive ketones (excluding diaryl/α,β-unsaturated/α-hetero) is 2. The molecule has 34 heavy (non-hydrogen) atoms. The number of esters is 2. The Labute approximate surface area is 200 Å². The Balaban J connectivity index is 1.26. The molecule has 6 aliphatic heterocycles. The molecule has 6 fully saturated rings. The predicted octanol–water partition coefficient (Wildman–Crippen LogP) is 0.213. The largest absolute Gasteiger partial charge is 0.463 e. The molecule has 0 saturated carbocycles. The Bertz CT molecular complexity index is 737. The normalized spacial score (nSPS) is 36.5. The first-order valence-electron chi connectivity index (χ1n) is 12.2. The molecule has 2 atom stereocenters. The second-order valence-electron chi connectivity index (χ2n) is 10.0. The number of rotatable bonds is 11. The average molecular weight is 481 g/mol. The number of hydrogen-bond donors (Lipinski definition) is 0. The summed E-state index contributed by atoms with van der Waals surface area (Å²) >= 11 is 0. The molecule has 0 radical (unpaired) electrons. The third-order valence-corrected chi connectivity index (χ3v) is 8.10. The molecule has 0 N–H and O–H groups in total. The van der Waals surface area contributed by atoms with Crippen LogP contribution in [0.2, 0.25) is 0 Å². The number of carbonyl (C=O) groups excluding carboxylic acids is 4. The van der Waals surface area contributed by atoms with Crippen molar-refractivity contribution >= 4 is 23.5 Å². The number of methoxy groups -OCH3 is 2. The smallest absolute Gasteiger partial charge is 0.306 e. The molecule has 0 spiro atoms. The summed E-state index contributed by atoms with van der Waals surface area (Å²) in [4.78, 5) is 54.8. The van der Waals surface area contributed by atoms with E-state index in [0.717, 1.165) is 51.9 Å². The quantitative estimate of drug-likeness (QED) is 0.381. The first-order valence-corrected chi connectivity index (χ1v) is 12.2. The van der Waals surface area contributed by atoms with Crippen molar-refractivity contribution in [1.82, 2.24) is 9.80 Å². The summed E-state index contributed by atoms with van der Waals surface area (Å²) in [5.41, 5.74) is -1.87. The lowest BCUT2D eigenvalue weighted by atomic mass is 9.74. The Morgan fingerprint density at radius 1 is 0.706 bits per heavy atom. The third-order valence-electron chi connectivity index (χ3n) is 8.10. The van der Waals surface area contributed by atoms with Gasteiger partial charge in [-0.05, 0) is 25.7 Å². The van der Waals surface area contributed by atoms with Crippen LogP contribution in [-0.4, -0.2) is 111 Å². The molecule has 4 bridgehead atoms. The topological polar surface area (TPSA) is 112 Å². The fraction of sp³-hybridized carbons (Fsp3) is 0.833. The molecule has 0 aromatic rings. The SMILES string of the molecule is COCC1(COC(=O)CCC(=O)OCC2(COC)C(=O)C3CCN2CC3)C(=O)C2CCN1CC2. The average Bonchev–Trinajstić information content (AvgIpc) is 2.86. The summed E-state index contributed by atoms with van der Waals surface area (Å²) in [6, 6.07) is 0. The van der Waals surface area contributed by atoms with Gasteiger partial charge in [0.15, 0.2) is 11.6 Å². The van der Waals surface area contributed by atoms with E-state index in [4.69, 9.17) is 18.9 Å². The van der Waals surface area contributed by atoms with E-state index in [1.807, 2.05) is 0 Å². The fourth-order valence-electron chi connectivity index (χ4n) is 6.17. The zero-order valence-corrected chi connectivity index (χ0v) is 20.2. The van der Waals surface area contributed by atoms with E-state index >= 15 is 0 Å². The van der Waals surface area contributed by atoms with Gasteiger partial charge in [0.25, 0.3) is 0 Å². The predicted molar refractivity (Wildman–Crippen MR) is 119 cm³/mol.